The summed E-state index contributed by atoms with van der Waals surface area (Å²) in [5.41, 5.74) is 7.66. The normalized spacial score (nSPS) is 11.9. The predicted octanol–water partition coefficient (Wildman–Crippen LogP) is 1.81. The summed E-state index contributed by atoms with van der Waals surface area (Å²) in [5, 5.41) is 11.4. The van der Waals surface area contributed by atoms with Gasteiger partial charge < -0.3 is 16.2 Å². The van der Waals surface area contributed by atoms with Gasteiger partial charge in [0.2, 0.25) is 0 Å². The number of carbonyl (C=O) groups is 2. The molecule has 1 amide bonds. The molecule has 5 heteroatoms. The fourth-order valence-electron chi connectivity index (χ4n) is 1.73. The van der Waals surface area contributed by atoms with Crippen LogP contribution in [0.3, 0.4) is 0 Å². The highest BCUT2D eigenvalue weighted by Crippen LogP contribution is 2.15. The summed E-state index contributed by atoms with van der Waals surface area (Å²) in [7, 11) is 0. The predicted molar refractivity (Wildman–Crippen MR) is 74.0 cm³/mol. The number of anilines is 1. The Morgan fingerprint density at radius 2 is 2.11 bits per heavy atom. The Morgan fingerprint density at radius 3 is 2.74 bits per heavy atom. The van der Waals surface area contributed by atoms with Crippen LogP contribution < -0.4 is 11.1 Å². The molecule has 0 fully saturated rings. The van der Waals surface area contributed by atoms with Gasteiger partial charge >= 0.3 is 5.97 Å². The summed E-state index contributed by atoms with van der Waals surface area (Å²) in [4.78, 5) is 22.4. The SMILES string of the molecule is Cc1c(N)cccc1C(=O)NCC(C)CCC(=O)O. The number of nitrogen functional groups attached to an aromatic ring is 1. The van der Waals surface area contributed by atoms with E-state index < -0.39 is 5.97 Å². The molecular weight excluding hydrogens is 244 g/mol. The zero-order valence-electron chi connectivity index (χ0n) is 11.3. The number of benzene rings is 1. The molecule has 1 rings (SSSR count). The van der Waals surface area contributed by atoms with Crippen LogP contribution in [0.5, 0.6) is 0 Å². The quantitative estimate of drug-likeness (QED) is 0.683. The molecule has 0 aliphatic rings. The highest BCUT2D eigenvalue weighted by molar-refractivity contribution is 5.96. The maximum Gasteiger partial charge on any atom is 0.303 e. The number of hydrogen-bond acceptors (Lipinski definition) is 3. The van der Waals surface area contributed by atoms with E-state index in [0.717, 1.165) is 5.56 Å². The maximum absolute atomic E-state index is 12.0. The minimum absolute atomic E-state index is 0.119. The van der Waals surface area contributed by atoms with E-state index in [2.05, 4.69) is 5.32 Å². The first kappa shape index (κ1) is 15.0. The van der Waals surface area contributed by atoms with Crippen LogP contribution in [-0.2, 0) is 4.79 Å². The van der Waals surface area contributed by atoms with Crippen molar-refractivity contribution in [1.29, 1.82) is 0 Å². The summed E-state index contributed by atoms with van der Waals surface area (Å²) < 4.78 is 0. The first-order chi connectivity index (χ1) is 8.91. The van der Waals surface area contributed by atoms with Crippen molar-refractivity contribution in [1.82, 2.24) is 5.32 Å². The third kappa shape index (κ3) is 4.62. The molecule has 1 unspecified atom stereocenters. The van der Waals surface area contributed by atoms with Crippen molar-refractivity contribution >= 4 is 17.6 Å². The van der Waals surface area contributed by atoms with Gasteiger partial charge in [0.1, 0.15) is 0 Å². The zero-order valence-corrected chi connectivity index (χ0v) is 11.3. The molecule has 5 nitrogen and oxygen atoms in total. The Kier molecular flexibility index (Phi) is 5.36. The fraction of sp³-hybridized carbons (Fsp3) is 0.429. The first-order valence-electron chi connectivity index (χ1n) is 6.27. The standard InChI is InChI=1S/C14H20N2O3/c1-9(6-7-13(17)18)8-16-14(19)11-4-3-5-12(15)10(11)2/h3-5,9H,6-8,15H2,1-2H3,(H,16,19)(H,17,18). The summed E-state index contributed by atoms with van der Waals surface area (Å²) >= 11 is 0. The van der Waals surface area contributed by atoms with Gasteiger partial charge in [-0.3, -0.25) is 9.59 Å². The van der Waals surface area contributed by atoms with Crippen LogP contribution in [0.25, 0.3) is 0 Å². The number of hydrogen-bond donors (Lipinski definition) is 3. The van der Waals surface area contributed by atoms with Gasteiger partial charge in [0.05, 0.1) is 0 Å². The molecule has 0 bridgehead atoms. The lowest BCUT2D eigenvalue weighted by atomic mass is 10.0. The van der Waals surface area contributed by atoms with Crippen LogP contribution in [0.4, 0.5) is 5.69 Å². The maximum atomic E-state index is 12.0. The number of carbonyl (C=O) groups excluding carboxylic acids is 1. The summed E-state index contributed by atoms with van der Waals surface area (Å²) in [6.07, 6.45) is 0.667. The first-order valence-corrected chi connectivity index (χ1v) is 6.27. The minimum Gasteiger partial charge on any atom is -0.481 e. The third-order valence-corrected chi connectivity index (χ3v) is 3.08. The number of carboxylic acids is 1. The molecule has 0 aliphatic carbocycles. The highest BCUT2D eigenvalue weighted by Gasteiger charge is 2.12. The zero-order chi connectivity index (χ0) is 14.4. The topological polar surface area (TPSA) is 92.4 Å². The van der Waals surface area contributed by atoms with E-state index in [9.17, 15) is 9.59 Å². The van der Waals surface area contributed by atoms with Gasteiger partial charge in [0, 0.05) is 24.2 Å². The Bertz CT molecular complexity index is 472. The smallest absolute Gasteiger partial charge is 0.303 e. The van der Waals surface area contributed by atoms with E-state index in [1.807, 2.05) is 6.92 Å². The Labute approximate surface area is 112 Å². The summed E-state index contributed by atoms with van der Waals surface area (Å²) in [6, 6.07) is 5.22. The average Bonchev–Trinajstić information content (AvgIpc) is 2.36. The van der Waals surface area contributed by atoms with Crippen molar-refractivity contribution in [3.05, 3.63) is 29.3 Å². The molecule has 104 valence electrons. The second-order valence-electron chi connectivity index (χ2n) is 4.77. The molecule has 4 N–H and O–H groups in total. The number of nitrogens with two attached hydrogens (primary N) is 1. The molecule has 0 heterocycles. The van der Waals surface area contributed by atoms with Crippen molar-refractivity contribution < 1.29 is 14.7 Å². The summed E-state index contributed by atoms with van der Waals surface area (Å²) in [6.45, 7) is 4.17. The van der Waals surface area contributed by atoms with E-state index in [0.29, 0.717) is 24.2 Å². The average molecular weight is 264 g/mol. The lowest BCUT2D eigenvalue weighted by Gasteiger charge is -2.13. The van der Waals surface area contributed by atoms with Crippen LogP contribution in [-0.4, -0.2) is 23.5 Å². The van der Waals surface area contributed by atoms with E-state index in [1.54, 1.807) is 25.1 Å². The monoisotopic (exact) mass is 264 g/mol. The molecular formula is C14H20N2O3. The molecule has 0 saturated heterocycles. The molecule has 19 heavy (non-hydrogen) atoms. The molecule has 1 aromatic carbocycles. The van der Waals surface area contributed by atoms with Crippen LogP contribution in [0.1, 0.15) is 35.7 Å². The molecule has 0 aliphatic heterocycles. The molecule has 0 aromatic heterocycles. The van der Waals surface area contributed by atoms with Crippen molar-refractivity contribution in [3.63, 3.8) is 0 Å². The number of carboxylic acid groups (broad SMARTS) is 1. The van der Waals surface area contributed by atoms with E-state index in [4.69, 9.17) is 10.8 Å². The molecule has 1 atom stereocenters. The second kappa shape index (κ2) is 6.78. The van der Waals surface area contributed by atoms with Gasteiger partial charge in [0.25, 0.3) is 5.91 Å². The van der Waals surface area contributed by atoms with Gasteiger partial charge in [-0.15, -0.1) is 0 Å². The molecule has 0 saturated carbocycles. The largest absolute Gasteiger partial charge is 0.481 e. The van der Waals surface area contributed by atoms with E-state index >= 15 is 0 Å². The Balaban J connectivity index is 2.51. The Morgan fingerprint density at radius 1 is 1.42 bits per heavy atom. The minimum atomic E-state index is -0.815. The number of amides is 1. The van der Waals surface area contributed by atoms with Crippen molar-refractivity contribution in [2.45, 2.75) is 26.7 Å². The van der Waals surface area contributed by atoms with Crippen LogP contribution in [0.2, 0.25) is 0 Å². The highest BCUT2D eigenvalue weighted by atomic mass is 16.4. The number of aliphatic carboxylic acids is 1. The molecule has 0 spiro atoms. The van der Waals surface area contributed by atoms with Crippen molar-refractivity contribution in [2.24, 2.45) is 5.92 Å². The van der Waals surface area contributed by atoms with Crippen LogP contribution in [0.15, 0.2) is 18.2 Å². The van der Waals surface area contributed by atoms with Crippen LogP contribution >= 0.6 is 0 Å². The van der Waals surface area contributed by atoms with Gasteiger partial charge in [-0.05, 0) is 37.0 Å². The van der Waals surface area contributed by atoms with Gasteiger partial charge in [-0.25, -0.2) is 0 Å². The van der Waals surface area contributed by atoms with Gasteiger partial charge in [0.15, 0.2) is 0 Å². The molecule has 1 aromatic rings. The Hall–Kier alpha value is -2.04. The third-order valence-electron chi connectivity index (χ3n) is 3.08. The summed E-state index contributed by atoms with van der Waals surface area (Å²) in [5.74, 6) is -0.863. The lowest BCUT2D eigenvalue weighted by molar-refractivity contribution is -0.137. The number of nitrogens with one attached hydrogen (secondary N) is 1. The van der Waals surface area contributed by atoms with Crippen molar-refractivity contribution in [2.75, 3.05) is 12.3 Å². The lowest BCUT2D eigenvalue weighted by Crippen LogP contribution is -2.29. The van der Waals surface area contributed by atoms with Crippen molar-refractivity contribution in [3.8, 4) is 0 Å². The fourth-order valence-corrected chi connectivity index (χ4v) is 1.73. The van der Waals surface area contributed by atoms with Gasteiger partial charge in [-0.1, -0.05) is 13.0 Å². The number of rotatable bonds is 6. The molecule has 0 radical (unpaired) electrons. The van der Waals surface area contributed by atoms with Crippen LogP contribution in [0, 0.1) is 12.8 Å². The van der Waals surface area contributed by atoms with E-state index in [1.165, 1.54) is 0 Å². The van der Waals surface area contributed by atoms with E-state index in [-0.39, 0.29) is 18.2 Å². The van der Waals surface area contributed by atoms with Gasteiger partial charge in [-0.2, -0.15) is 0 Å². The second-order valence-corrected chi connectivity index (χ2v) is 4.77.